The molecule has 0 radical (unpaired) electrons. The number of nitrogens with zero attached hydrogens (tertiary/aromatic N) is 5. The molecule has 5 rings (SSSR count). The molecule has 1 atom stereocenters. The van der Waals surface area contributed by atoms with Crippen LogP contribution in [0.15, 0.2) is 34.1 Å². The number of hydrogen-bond acceptors (Lipinski definition) is 7. The first-order valence-corrected chi connectivity index (χ1v) is 11.4. The highest BCUT2D eigenvalue weighted by Crippen LogP contribution is 2.40. The maximum absolute atomic E-state index is 13.1. The van der Waals surface area contributed by atoms with Gasteiger partial charge in [-0.2, -0.15) is 0 Å². The van der Waals surface area contributed by atoms with Crippen molar-refractivity contribution in [2.75, 3.05) is 12.3 Å². The fourth-order valence-electron chi connectivity index (χ4n) is 3.38. The lowest BCUT2D eigenvalue weighted by Gasteiger charge is -2.35. The number of tetrazole rings is 1. The Balaban J connectivity index is 1.36. The largest absolute Gasteiger partial charge is 0.330 e. The third-order valence-corrected chi connectivity index (χ3v) is 7.62. The molecule has 0 bridgehead atoms. The van der Waals surface area contributed by atoms with Crippen molar-refractivity contribution in [3.05, 3.63) is 44.3 Å². The minimum absolute atomic E-state index is 0.0394. The van der Waals surface area contributed by atoms with Crippen molar-refractivity contribution in [3.63, 3.8) is 0 Å². The number of carbonyl (C=O) groups excluding carboxylic acids is 1. The second-order valence-corrected chi connectivity index (χ2v) is 9.40. The Bertz CT molecular complexity index is 915. The fraction of sp³-hybridized carbons (Fsp3) is 0.412. The van der Waals surface area contributed by atoms with Gasteiger partial charge in [0.1, 0.15) is 0 Å². The van der Waals surface area contributed by atoms with Gasteiger partial charge in [-0.05, 0) is 58.1 Å². The van der Waals surface area contributed by atoms with Crippen LogP contribution in [-0.2, 0) is 11.2 Å². The molecule has 26 heavy (non-hydrogen) atoms. The summed E-state index contributed by atoms with van der Waals surface area (Å²) in [5.74, 6) is 0.518. The quantitative estimate of drug-likeness (QED) is 0.611. The van der Waals surface area contributed by atoms with Gasteiger partial charge in [-0.3, -0.25) is 4.79 Å². The van der Waals surface area contributed by atoms with Gasteiger partial charge in [0.25, 0.3) is 0 Å². The lowest BCUT2D eigenvalue weighted by Crippen LogP contribution is -2.40. The first kappa shape index (κ1) is 16.5. The molecular formula is C17H17N5OS3. The minimum atomic E-state index is 0.0394. The van der Waals surface area contributed by atoms with Crippen molar-refractivity contribution >= 4 is 40.3 Å². The van der Waals surface area contributed by atoms with E-state index in [2.05, 4.69) is 44.5 Å². The Labute approximate surface area is 163 Å². The van der Waals surface area contributed by atoms with Crippen LogP contribution in [0.1, 0.15) is 40.2 Å². The summed E-state index contributed by atoms with van der Waals surface area (Å²) in [4.78, 5) is 17.7. The van der Waals surface area contributed by atoms with Crippen LogP contribution in [0.5, 0.6) is 0 Å². The third kappa shape index (κ3) is 2.97. The molecule has 1 amide bonds. The Hall–Kier alpha value is -1.71. The molecule has 1 aliphatic carbocycles. The van der Waals surface area contributed by atoms with E-state index >= 15 is 0 Å². The van der Waals surface area contributed by atoms with Crippen molar-refractivity contribution < 1.29 is 4.79 Å². The van der Waals surface area contributed by atoms with Gasteiger partial charge in [-0.15, -0.1) is 27.8 Å². The molecule has 6 nitrogen and oxygen atoms in total. The summed E-state index contributed by atoms with van der Waals surface area (Å²) in [5, 5.41) is 16.9. The normalized spacial score (nSPS) is 19.5. The molecule has 3 aromatic heterocycles. The van der Waals surface area contributed by atoms with Gasteiger partial charge >= 0.3 is 0 Å². The van der Waals surface area contributed by atoms with E-state index in [0.29, 0.717) is 11.8 Å². The molecule has 134 valence electrons. The number of rotatable bonds is 5. The van der Waals surface area contributed by atoms with Gasteiger partial charge in [-0.25, -0.2) is 4.68 Å². The topological polar surface area (TPSA) is 63.9 Å². The Morgan fingerprint density at radius 1 is 1.27 bits per heavy atom. The third-order valence-electron chi connectivity index (χ3n) is 4.78. The summed E-state index contributed by atoms with van der Waals surface area (Å²) < 4.78 is 1.86. The Morgan fingerprint density at radius 2 is 2.19 bits per heavy atom. The number of carbonyl (C=O) groups is 1. The average Bonchev–Trinajstić information content (AvgIpc) is 3.11. The van der Waals surface area contributed by atoms with Gasteiger partial charge in [0.05, 0.1) is 17.8 Å². The van der Waals surface area contributed by atoms with Crippen LogP contribution < -0.4 is 0 Å². The van der Waals surface area contributed by atoms with Crippen molar-refractivity contribution in [3.8, 4) is 0 Å². The fourth-order valence-corrected chi connectivity index (χ4v) is 5.97. The average molecular weight is 404 g/mol. The highest BCUT2D eigenvalue weighted by Gasteiger charge is 2.34. The summed E-state index contributed by atoms with van der Waals surface area (Å²) in [6.07, 6.45) is 3.19. The highest BCUT2D eigenvalue weighted by atomic mass is 32.2. The first-order valence-electron chi connectivity index (χ1n) is 8.61. The summed E-state index contributed by atoms with van der Waals surface area (Å²) in [5.41, 5.74) is 1.28. The maximum atomic E-state index is 13.1. The van der Waals surface area contributed by atoms with Crippen molar-refractivity contribution in [2.45, 2.75) is 36.5 Å². The zero-order valence-corrected chi connectivity index (χ0v) is 16.4. The smallest absolute Gasteiger partial charge is 0.233 e. The summed E-state index contributed by atoms with van der Waals surface area (Å²) in [7, 11) is 0. The number of hydrogen-bond donors (Lipinski definition) is 0. The van der Waals surface area contributed by atoms with Crippen molar-refractivity contribution in [2.24, 2.45) is 0 Å². The van der Waals surface area contributed by atoms with Gasteiger partial charge in [0.15, 0.2) is 0 Å². The zero-order valence-electron chi connectivity index (χ0n) is 13.9. The molecule has 1 aliphatic heterocycles. The SMILES string of the molecule is O=C(CSc1nnnn1C1CC1)N1CCc2sccc2[C@H]1c1cccs1. The van der Waals surface area contributed by atoms with Crippen LogP contribution >= 0.6 is 34.4 Å². The molecule has 0 saturated heterocycles. The number of amides is 1. The van der Waals surface area contributed by atoms with Crippen LogP contribution in [0.25, 0.3) is 0 Å². The standard InChI is InChI=1S/C17H17N5OS3/c23-15(10-26-17-18-19-20-22(17)11-3-4-11)21-7-5-13-12(6-9-25-13)16(21)14-2-1-8-24-14/h1-2,6,8-9,11,16H,3-5,7,10H2/t16-/m0/s1. The Kier molecular flexibility index (Phi) is 4.30. The van der Waals surface area contributed by atoms with Gasteiger partial charge in [0.2, 0.25) is 11.1 Å². The van der Waals surface area contributed by atoms with Crippen molar-refractivity contribution in [1.29, 1.82) is 0 Å². The number of thiophene rings is 2. The van der Waals surface area contributed by atoms with E-state index in [9.17, 15) is 4.79 Å². The molecule has 2 aliphatic rings. The van der Waals surface area contributed by atoms with E-state index in [1.807, 2.05) is 9.58 Å². The van der Waals surface area contributed by atoms with Crippen molar-refractivity contribution in [1.82, 2.24) is 25.1 Å². The number of thioether (sulfide) groups is 1. The van der Waals surface area contributed by atoms with Crippen LogP contribution in [0.2, 0.25) is 0 Å². The molecule has 0 N–H and O–H groups in total. The molecule has 3 aromatic rings. The van der Waals surface area contributed by atoms with E-state index < -0.39 is 0 Å². The van der Waals surface area contributed by atoms with E-state index in [1.54, 1.807) is 22.7 Å². The van der Waals surface area contributed by atoms with E-state index in [0.717, 1.165) is 31.0 Å². The highest BCUT2D eigenvalue weighted by molar-refractivity contribution is 7.99. The first-order chi connectivity index (χ1) is 12.8. The second-order valence-electron chi connectivity index (χ2n) is 6.48. The molecule has 0 aromatic carbocycles. The number of fused-ring (bicyclic) bond motifs is 1. The lowest BCUT2D eigenvalue weighted by molar-refractivity contribution is -0.130. The number of aromatic nitrogens is 4. The Morgan fingerprint density at radius 3 is 3.00 bits per heavy atom. The van der Waals surface area contributed by atoms with E-state index in [4.69, 9.17) is 0 Å². The van der Waals surface area contributed by atoms with Crippen LogP contribution in [0.4, 0.5) is 0 Å². The predicted molar refractivity (Wildman–Crippen MR) is 103 cm³/mol. The summed E-state index contributed by atoms with van der Waals surface area (Å²) in [6.45, 7) is 0.767. The molecule has 4 heterocycles. The maximum Gasteiger partial charge on any atom is 0.233 e. The molecule has 0 spiro atoms. The molecule has 1 fully saturated rings. The second kappa shape index (κ2) is 6.79. The molecular weight excluding hydrogens is 386 g/mol. The monoisotopic (exact) mass is 403 g/mol. The summed E-state index contributed by atoms with van der Waals surface area (Å²) in [6, 6.07) is 6.82. The molecule has 9 heteroatoms. The van der Waals surface area contributed by atoms with Gasteiger partial charge in [-0.1, -0.05) is 17.8 Å². The minimum Gasteiger partial charge on any atom is -0.330 e. The van der Waals surface area contributed by atoms with Gasteiger partial charge < -0.3 is 4.90 Å². The van der Waals surface area contributed by atoms with E-state index in [1.165, 1.54) is 27.1 Å². The molecule has 0 unspecified atom stereocenters. The van der Waals surface area contributed by atoms with E-state index in [-0.39, 0.29) is 11.9 Å². The van der Waals surface area contributed by atoms with Crippen LogP contribution in [0.3, 0.4) is 0 Å². The zero-order chi connectivity index (χ0) is 17.5. The summed E-state index contributed by atoms with van der Waals surface area (Å²) >= 11 is 4.96. The van der Waals surface area contributed by atoms with Crippen LogP contribution in [0, 0.1) is 0 Å². The van der Waals surface area contributed by atoms with Crippen LogP contribution in [-0.4, -0.2) is 43.3 Å². The van der Waals surface area contributed by atoms with Gasteiger partial charge in [0, 0.05) is 16.3 Å². The predicted octanol–water partition coefficient (Wildman–Crippen LogP) is 3.40. The molecule has 1 saturated carbocycles. The lowest BCUT2D eigenvalue weighted by atomic mass is 9.98.